The molecule has 0 radical (unpaired) electrons. The zero-order valence-corrected chi connectivity index (χ0v) is 16.7. The third-order valence-electron chi connectivity index (χ3n) is 6.93. The van der Waals surface area contributed by atoms with Crippen LogP contribution >= 0.6 is 0 Å². The first-order valence-corrected chi connectivity index (χ1v) is 9.76. The van der Waals surface area contributed by atoms with Crippen LogP contribution in [0.5, 0.6) is 0 Å². The smallest absolute Gasteiger partial charge is 0.0538 e. The Morgan fingerprint density at radius 1 is 0.760 bits per heavy atom. The average molecular weight is 334 g/mol. The zero-order valence-electron chi connectivity index (χ0n) is 16.7. The molecule has 1 aromatic heterocycles. The molecule has 0 bridgehead atoms. The Balaban J connectivity index is 1.92. The molecule has 2 aliphatic carbocycles. The molecule has 0 amide bonds. The lowest BCUT2D eigenvalue weighted by Crippen LogP contribution is -2.34. The molecule has 1 aromatic carbocycles. The van der Waals surface area contributed by atoms with Gasteiger partial charge in [-0.15, -0.1) is 0 Å². The summed E-state index contributed by atoms with van der Waals surface area (Å²) in [6.07, 6.45) is 6.97. The fourth-order valence-corrected chi connectivity index (χ4v) is 4.98. The largest absolute Gasteiger partial charge is 0.260 e. The van der Waals surface area contributed by atoms with Crippen LogP contribution in [0.25, 0.3) is 0 Å². The molecule has 1 nitrogen and oxygen atoms in total. The molecule has 0 aliphatic heterocycles. The molecule has 0 spiro atoms. The summed E-state index contributed by atoms with van der Waals surface area (Å²) in [6, 6.07) is 9.33. The molecule has 0 saturated heterocycles. The van der Waals surface area contributed by atoms with Crippen molar-refractivity contribution in [1.82, 2.24) is 4.98 Å². The van der Waals surface area contributed by atoms with E-state index >= 15 is 0 Å². The van der Waals surface area contributed by atoms with Crippen molar-refractivity contribution in [2.75, 3.05) is 0 Å². The highest BCUT2D eigenvalue weighted by Crippen LogP contribution is 2.56. The Labute approximate surface area is 152 Å². The van der Waals surface area contributed by atoms with Gasteiger partial charge in [-0.1, -0.05) is 45.9 Å². The number of hydrogen-bond acceptors (Lipinski definition) is 1. The third-order valence-corrected chi connectivity index (χ3v) is 6.93. The standard InChI is InChI=1S/C24H31N/c1-16-8-7-13-25-21(16)24(11-12-24)18-15-20-19(14-17(18)2)22(3,4)9-10-23(20,5)6/h7-8,13-15H,9-12H2,1-6H3. The maximum Gasteiger partial charge on any atom is 0.0538 e. The molecule has 0 N–H and O–H groups in total. The van der Waals surface area contributed by atoms with Crippen LogP contribution in [0.1, 0.15) is 86.9 Å². The van der Waals surface area contributed by atoms with Crippen LogP contribution in [0.15, 0.2) is 30.5 Å². The van der Waals surface area contributed by atoms with Crippen molar-refractivity contribution in [3.63, 3.8) is 0 Å². The van der Waals surface area contributed by atoms with Crippen LogP contribution in [-0.2, 0) is 16.2 Å². The predicted molar refractivity (Wildman–Crippen MR) is 105 cm³/mol. The molecule has 132 valence electrons. The molecule has 0 unspecified atom stereocenters. The molecule has 25 heavy (non-hydrogen) atoms. The number of fused-ring (bicyclic) bond motifs is 1. The summed E-state index contributed by atoms with van der Waals surface area (Å²) >= 11 is 0. The van der Waals surface area contributed by atoms with Gasteiger partial charge in [-0.2, -0.15) is 0 Å². The van der Waals surface area contributed by atoms with Crippen LogP contribution in [0.4, 0.5) is 0 Å². The molecule has 1 saturated carbocycles. The first kappa shape index (κ1) is 16.8. The van der Waals surface area contributed by atoms with E-state index in [1.54, 1.807) is 11.1 Å². The van der Waals surface area contributed by atoms with Crippen molar-refractivity contribution in [2.45, 2.75) is 83.5 Å². The maximum absolute atomic E-state index is 4.81. The van der Waals surface area contributed by atoms with Crippen molar-refractivity contribution < 1.29 is 0 Å². The number of nitrogens with zero attached hydrogens (tertiary/aromatic N) is 1. The predicted octanol–water partition coefficient (Wildman–Crippen LogP) is 6.13. The summed E-state index contributed by atoms with van der Waals surface area (Å²) in [6.45, 7) is 14.2. The summed E-state index contributed by atoms with van der Waals surface area (Å²) in [5, 5.41) is 0. The molecule has 0 atom stereocenters. The molecular formula is C24H31N. The highest BCUT2D eigenvalue weighted by atomic mass is 14.7. The third kappa shape index (κ3) is 2.46. The van der Waals surface area contributed by atoms with Crippen molar-refractivity contribution in [1.29, 1.82) is 0 Å². The fraction of sp³-hybridized carbons (Fsp3) is 0.542. The molecule has 1 heteroatoms. The zero-order chi connectivity index (χ0) is 18.0. The normalized spacial score (nSPS) is 22.3. The second kappa shape index (κ2) is 5.19. The Morgan fingerprint density at radius 2 is 1.36 bits per heavy atom. The molecular weight excluding hydrogens is 302 g/mol. The number of pyridine rings is 1. The highest BCUT2D eigenvalue weighted by molar-refractivity contribution is 5.54. The van der Waals surface area contributed by atoms with Gasteiger partial charge in [0.2, 0.25) is 0 Å². The van der Waals surface area contributed by atoms with E-state index in [9.17, 15) is 0 Å². The van der Waals surface area contributed by atoms with Gasteiger partial charge < -0.3 is 0 Å². The van der Waals surface area contributed by atoms with E-state index in [2.05, 4.69) is 65.8 Å². The molecule has 4 rings (SSSR count). The minimum atomic E-state index is 0.155. The monoisotopic (exact) mass is 333 g/mol. The van der Waals surface area contributed by atoms with E-state index in [1.165, 1.54) is 48.1 Å². The van der Waals surface area contributed by atoms with Crippen molar-refractivity contribution in [2.24, 2.45) is 0 Å². The lowest BCUT2D eigenvalue weighted by Gasteiger charge is -2.43. The fourth-order valence-electron chi connectivity index (χ4n) is 4.98. The van der Waals surface area contributed by atoms with Crippen LogP contribution in [0, 0.1) is 13.8 Å². The summed E-state index contributed by atoms with van der Waals surface area (Å²) in [7, 11) is 0. The minimum Gasteiger partial charge on any atom is -0.260 e. The van der Waals surface area contributed by atoms with Gasteiger partial charge in [0.25, 0.3) is 0 Å². The van der Waals surface area contributed by atoms with Crippen molar-refractivity contribution in [3.05, 3.63) is 64.0 Å². The van der Waals surface area contributed by atoms with E-state index in [-0.39, 0.29) is 16.2 Å². The quantitative estimate of drug-likeness (QED) is 0.644. The Morgan fingerprint density at radius 3 is 1.92 bits per heavy atom. The molecule has 2 aliphatic rings. The number of hydrogen-bond donors (Lipinski definition) is 0. The van der Waals surface area contributed by atoms with Gasteiger partial charge in [0.1, 0.15) is 0 Å². The van der Waals surface area contributed by atoms with Gasteiger partial charge in [0.15, 0.2) is 0 Å². The number of aromatic nitrogens is 1. The van der Waals surface area contributed by atoms with Crippen molar-refractivity contribution in [3.8, 4) is 0 Å². The molecule has 1 heterocycles. The summed E-state index contributed by atoms with van der Waals surface area (Å²) in [5.41, 5.74) is 9.45. The van der Waals surface area contributed by atoms with E-state index in [0.29, 0.717) is 0 Å². The second-order valence-electron chi connectivity index (χ2n) is 9.73. The number of benzene rings is 1. The summed E-state index contributed by atoms with van der Waals surface area (Å²) < 4.78 is 0. The van der Waals surface area contributed by atoms with Gasteiger partial charge in [-0.05, 0) is 84.2 Å². The van der Waals surface area contributed by atoms with Crippen LogP contribution in [-0.4, -0.2) is 4.98 Å². The van der Waals surface area contributed by atoms with Gasteiger partial charge in [0, 0.05) is 11.6 Å². The SMILES string of the molecule is Cc1cc2c(cc1C1(c3ncccc3C)CC1)C(C)(C)CCC2(C)C. The van der Waals surface area contributed by atoms with Crippen LogP contribution < -0.4 is 0 Å². The van der Waals surface area contributed by atoms with Crippen LogP contribution in [0.3, 0.4) is 0 Å². The van der Waals surface area contributed by atoms with Gasteiger partial charge in [0.05, 0.1) is 5.69 Å². The first-order chi connectivity index (χ1) is 11.7. The van der Waals surface area contributed by atoms with E-state index in [1.807, 2.05) is 6.20 Å². The Kier molecular flexibility index (Phi) is 3.49. The topological polar surface area (TPSA) is 12.9 Å². The van der Waals surface area contributed by atoms with Gasteiger partial charge >= 0.3 is 0 Å². The molecule has 2 aromatic rings. The lowest BCUT2D eigenvalue weighted by molar-refractivity contribution is 0.331. The van der Waals surface area contributed by atoms with E-state index in [0.717, 1.165) is 0 Å². The van der Waals surface area contributed by atoms with Crippen LogP contribution in [0.2, 0.25) is 0 Å². The summed E-state index contributed by atoms with van der Waals surface area (Å²) in [4.78, 5) is 4.81. The lowest BCUT2D eigenvalue weighted by atomic mass is 9.62. The summed E-state index contributed by atoms with van der Waals surface area (Å²) in [5.74, 6) is 0. The van der Waals surface area contributed by atoms with E-state index in [4.69, 9.17) is 4.98 Å². The highest BCUT2D eigenvalue weighted by Gasteiger charge is 2.50. The van der Waals surface area contributed by atoms with E-state index < -0.39 is 0 Å². The minimum absolute atomic E-state index is 0.155. The Bertz CT molecular complexity index is 837. The average Bonchev–Trinajstić information content (AvgIpc) is 3.33. The molecule has 1 fully saturated rings. The van der Waals surface area contributed by atoms with Crippen molar-refractivity contribution >= 4 is 0 Å². The second-order valence-corrected chi connectivity index (χ2v) is 9.73. The first-order valence-electron chi connectivity index (χ1n) is 9.76. The number of rotatable bonds is 2. The van der Waals surface area contributed by atoms with Gasteiger partial charge in [-0.3, -0.25) is 4.98 Å². The maximum atomic E-state index is 4.81. The van der Waals surface area contributed by atoms with Gasteiger partial charge in [-0.25, -0.2) is 0 Å². The Hall–Kier alpha value is -1.63. The number of aryl methyl sites for hydroxylation is 2.